The second-order valence-electron chi connectivity index (χ2n) is 7.29. The van der Waals surface area contributed by atoms with Crippen molar-refractivity contribution in [2.24, 2.45) is 0 Å². The van der Waals surface area contributed by atoms with Crippen LogP contribution in [0.25, 0.3) is 0 Å². The summed E-state index contributed by atoms with van der Waals surface area (Å²) in [6.45, 7) is 1.09. The molecule has 1 nitrogen and oxygen atoms in total. The van der Waals surface area contributed by atoms with E-state index in [1.54, 1.807) is 0 Å². The fraction of sp³-hybridized carbons (Fsp3) is 0.308. The van der Waals surface area contributed by atoms with Crippen LogP contribution in [0.15, 0.2) is 91.0 Å². The van der Waals surface area contributed by atoms with Gasteiger partial charge in [0.2, 0.25) is 0 Å². The van der Waals surface area contributed by atoms with Crippen LogP contribution in [0.2, 0.25) is 0 Å². The molecule has 0 fully saturated rings. The molecular formula is C26H31N. The highest BCUT2D eigenvalue weighted by Gasteiger charge is 2.09. The molecule has 27 heavy (non-hydrogen) atoms. The molecule has 3 rings (SSSR count). The molecule has 0 aliphatic carbocycles. The van der Waals surface area contributed by atoms with Crippen molar-refractivity contribution in [2.45, 2.75) is 44.6 Å². The van der Waals surface area contributed by atoms with E-state index >= 15 is 0 Å². The van der Waals surface area contributed by atoms with Gasteiger partial charge >= 0.3 is 0 Å². The van der Waals surface area contributed by atoms with Crippen molar-refractivity contribution in [2.75, 3.05) is 6.54 Å². The Morgan fingerprint density at radius 1 is 0.519 bits per heavy atom. The standard InChI is InChI=1S/C26H31N/c1-4-11-23(12-5-1)17-10-22-27-26(20-18-24-13-6-2-7-14-24)21-19-25-15-8-3-9-16-25/h1-9,11-16,26-27H,10,17-22H2. The fourth-order valence-corrected chi connectivity index (χ4v) is 3.56. The first-order valence-electron chi connectivity index (χ1n) is 10.3. The van der Waals surface area contributed by atoms with Gasteiger partial charge in [-0.3, -0.25) is 0 Å². The zero-order valence-electron chi connectivity index (χ0n) is 16.2. The Morgan fingerprint density at radius 2 is 0.926 bits per heavy atom. The van der Waals surface area contributed by atoms with Crippen LogP contribution in [0.5, 0.6) is 0 Å². The van der Waals surface area contributed by atoms with Crippen LogP contribution < -0.4 is 5.32 Å². The largest absolute Gasteiger partial charge is 0.314 e. The summed E-state index contributed by atoms with van der Waals surface area (Å²) >= 11 is 0. The number of hydrogen-bond donors (Lipinski definition) is 1. The summed E-state index contributed by atoms with van der Waals surface area (Å²) < 4.78 is 0. The van der Waals surface area contributed by atoms with E-state index in [9.17, 15) is 0 Å². The van der Waals surface area contributed by atoms with Gasteiger partial charge < -0.3 is 5.32 Å². The monoisotopic (exact) mass is 357 g/mol. The number of hydrogen-bond acceptors (Lipinski definition) is 1. The van der Waals surface area contributed by atoms with Gasteiger partial charge in [0.15, 0.2) is 0 Å². The van der Waals surface area contributed by atoms with E-state index in [2.05, 4.69) is 96.3 Å². The second-order valence-corrected chi connectivity index (χ2v) is 7.29. The molecule has 0 spiro atoms. The Bertz CT molecular complexity index is 693. The Balaban J connectivity index is 1.47. The molecule has 0 saturated carbocycles. The molecule has 1 heteroatoms. The quantitative estimate of drug-likeness (QED) is 0.425. The number of rotatable bonds is 11. The van der Waals surface area contributed by atoms with Crippen molar-refractivity contribution < 1.29 is 0 Å². The lowest BCUT2D eigenvalue weighted by Crippen LogP contribution is -2.31. The third-order valence-electron chi connectivity index (χ3n) is 5.17. The minimum Gasteiger partial charge on any atom is -0.314 e. The Labute approximate surface area is 164 Å². The van der Waals surface area contributed by atoms with E-state index < -0.39 is 0 Å². The topological polar surface area (TPSA) is 12.0 Å². The number of nitrogens with one attached hydrogen (secondary N) is 1. The summed E-state index contributed by atoms with van der Waals surface area (Å²) in [7, 11) is 0. The summed E-state index contributed by atoms with van der Waals surface area (Å²) in [6, 6.07) is 33.1. The summed E-state index contributed by atoms with van der Waals surface area (Å²) in [4.78, 5) is 0. The molecule has 0 atom stereocenters. The van der Waals surface area contributed by atoms with Gasteiger partial charge in [-0.1, -0.05) is 91.0 Å². The van der Waals surface area contributed by atoms with Crippen molar-refractivity contribution >= 4 is 0 Å². The molecule has 0 saturated heterocycles. The van der Waals surface area contributed by atoms with E-state index in [-0.39, 0.29) is 0 Å². The lowest BCUT2D eigenvalue weighted by molar-refractivity contribution is 0.448. The first kappa shape index (κ1) is 19.4. The molecule has 140 valence electrons. The lowest BCUT2D eigenvalue weighted by Gasteiger charge is -2.19. The van der Waals surface area contributed by atoms with Crippen LogP contribution in [-0.4, -0.2) is 12.6 Å². The van der Waals surface area contributed by atoms with Crippen molar-refractivity contribution in [1.82, 2.24) is 5.32 Å². The smallest absolute Gasteiger partial charge is 0.00733 e. The maximum absolute atomic E-state index is 3.83. The van der Waals surface area contributed by atoms with Gasteiger partial charge in [-0.25, -0.2) is 0 Å². The Morgan fingerprint density at radius 3 is 1.37 bits per heavy atom. The molecule has 0 heterocycles. The zero-order valence-corrected chi connectivity index (χ0v) is 16.2. The van der Waals surface area contributed by atoms with E-state index in [4.69, 9.17) is 0 Å². The van der Waals surface area contributed by atoms with E-state index in [0.29, 0.717) is 6.04 Å². The van der Waals surface area contributed by atoms with Gasteiger partial charge in [0.25, 0.3) is 0 Å². The average Bonchev–Trinajstić information content (AvgIpc) is 2.75. The SMILES string of the molecule is c1ccc(CCCNC(CCc2ccccc2)CCc2ccccc2)cc1. The maximum Gasteiger partial charge on any atom is 0.00733 e. The molecular weight excluding hydrogens is 326 g/mol. The maximum atomic E-state index is 3.83. The number of aryl methyl sites for hydroxylation is 3. The minimum absolute atomic E-state index is 0.571. The fourth-order valence-electron chi connectivity index (χ4n) is 3.56. The molecule has 0 amide bonds. The van der Waals surface area contributed by atoms with Crippen molar-refractivity contribution in [3.8, 4) is 0 Å². The van der Waals surface area contributed by atoms with E-state index in [1.807, 2.05) is 0 Å². The van der Waals surface area contributed by atoms with Gasteiger partial charge in [0.05, 0.1) is 0 Å². The molecule has 0 bridgehead atoms. The summed E-state index contributed by atoms with van der Waals surface area (Å²) in [6.07, 6.45) is 7.03. The highest BCUT2D eigenvalue weighted by atomic mass is 14.9. The minimum atomic E-state index is 0.571. The van der Waals surface area contributed by atoms with Gasteiger partial charge in [-0.2, -0.15) is 0 Å². The predicted molar refractivity (Wildman–Crippen MR) is 116 cm³/mol. The third kappa shape index (κ3) is 7.40. The summed E-state index contributed by atoms with van der Waals surface area (Å²) in [5, 5.41) is 3.83. The first-order chi connectivity index (χ1) is 13.4. The molecule has 0 radical (unpaired) electrons. The van der Waals surface area contributed by atoms with Gasteiger partial charge in [-0.05, 0) is 61.8 Å². The Kier molecular flexibility index (Phi) is 8.15. The van der Waals surface area contributed by atoms with Gasteiger partial charge in [-0.15, -0.1) is 0 Å². The highest BCUT2D eigenvalue weighted by molar-refractivity contribution is 5.16. The third-order valence-corrected chi connectivity index (χ3v) is 5.17. The molecule has 0 aliphatic heterocycles. The normalized spacial score (nSPS) is 11.0. The molecule has 0 unspecified atom stereocenters. The average molecular weight is 358 g/mol. The van der Waals surface area contributed by atoms with Crippen LogP contribution in [0.3, 0.4) is 0 Å². The van der Waals surface area contributed by atoms with Crippen LogP contribution >= 0.6 is 0 Å². The van der Waals surface area contributed by atoms with Crippen molar-refractivity contribution in [3.05, 3.63) is 108 Å². The van der Waals surface area contributed by atoms with Crippen molar-refractivity contribution in [3.63, 3.8) is 0 Å². The summed E-state index contributed by atoms with van der Waals surface area (Å²) in [5.41, 5.74) is 4.31. The molecule has 0 aromatic heterocycles. The van der Waals surface area contributed by atoms with E-state index in [1.165, 1.54) is 36.0 Å². The predicted octanol–water partition coefficient (Wildman–Crippen LogP) is 5.84. The molecule has 3 aromatic carbocycles. The Hall–Kier alpha value is -2.38. The number of benzene rings is 3. The van der Waals surface area contributed by atoms with Crippen LogP contribution in [0.4, 0.5) is 0 Å². The highest BCUT2D eigenvalue weighted by Crippen LogP contribution is 2.12. The van der Waals surface area contributed by atoms with Gasteiger partial charge in [0, 0.05) is 6.04 Å². The molecule has 3 aromatic rings. The van der Waals surface area contributed by atoms with E-state index in [0.717, 1.165) is 25.8 Å². The van der Waals surface area contributed by atoms with Crippen LogP contribution in [-0.2, 0) is 19.3 Å². The first-order valence-corrected chi connectivity index (χ1v) is 10.3. The zero-order chi connectivity index (χ0) is 18.6. The summed E-state index contributed by atoms with van der Waals surface area (Å²) in [5.74, 6) is 0. The van der Waals surface area contributed by atoms with Crippen LogP contribution in [0.1, 0.15) is 36.0 Å². The van der Waals surface area contributed by atoms with Gasteiger partial charge in [0.1, 0.15) is 0 Å². The van der Waals surface area contributed by atoms with Crippen molar-refractivity contribution in [1.29, 1.82) is 0 Å². The molecule has 0 aliphatic rings. The molecule has 1 N–H and O–H groups in total. The second kappa shape index (κ2) is 11.4. The van der Waals surface area contributed by atoms with Crippen LogP contribution in [0, 0.1) is 0 Å². The lowest BCUT2D eigenvalue weighted by atomic mass is 9.99.